The number of carbonyl (C=O) groups excluding carboxylic acids is 1. The fraction of sp³-hybridized carbons (Fsp3) is 0.417. The van der Waals surface area contributed by atoms with Gasteiger partial charge >= 0.3 is 5.97 Å². The smallest absolute Gasteiger partial charge is 0.316 e. The van der Waals surface area contributed by atoms with Crippen LogP contribution in [0.25, 0.3) is 0 Å². The lowest BCUT2D eigenvalue weighted by Crippen LogP contribution is -2.25. The number of non-ortho nitro benzene ring substituents is 1. The Bertz CT molecular complexity index is 487. The monoisotopic (exact) mass is 269 g/mol. The molecule has 1 fully saturated rings. The molecule has 0 unspecified atom stereocenters. The Kier molecular flexibility index (Phi) is 3.26. The summed E-state index contributed by atoms with van der Waals surface area (Å²) in [5.74, 6) is 0.0709. The van der Waals surface area contributed by atoms with Gasteiger partial charge in [-0.05, 0) is 17.9 Å². The maximum atomic E-state index is 11.9. The molecule has 0 amide bonds. The van der Waals surface area contributed by atoms with Crippen LogP contribution in [0.3, 0.4) is 0 Å². The zero-order chi connectivity index (χ0) is 13.3. The van der Waals surface area contributed by atoms with E-state index in [1.165, 1.54) is 19.2 Å². The van der Waals surface area contributed by atoms with Gasteiger partial charge in [0, 0.05) is 18.0 Å². The highest BCUT2D eigenvalue weighted by molar-refractivity contribution is 6.18. The van der Waals surface area contributed by atoms with Crippen LogP contribution in [0.4, 0.5) is 5.69 Å². The first kappa shape index (κ1) is 12.8. The number of hydrogen-bond acceptors (Lipinski definition) is 4. The van der Waals surface area contributed by atoms with Gasteiger partial charge in [0.15, 0.2) is 0 Å². The van der Waals surface area contributed by atoms with Crippen molar-refractivity contribution in [3.05, 3.63) is 39.9 Å². The molecule has 0 N–H and O–H groups in total. The fourth-order valence-electron chi connectivity index (χ4n) is 2.30. The van der Waals surface area contributed by atoms with E-state index in [2.05, 4.69) is 0 Å². The maximum Gasteiger partial charge on any atom is 0.316 e. The van der Waals surface area contributed by atoms with Crippen LogP contribution in [0.1, 0.15) is 12.0 Å². The number of benzene rings is 1. The van der Waals surface area contributed by atoms with E-state index < -0.39 is 10.3 Å². The van der Waals surface area contributed by atoms with Gasteiger partial charge in [-0.1, -0.05) is 12.1 Å². The number of ether oxygens (including phenoxy) is 1. The van der Waals surface area contributed by atoms with E-state index in [1.807, 2.05) is 0 Å². The molecular weight excluding hydrogens is 258 g/mol. The second-order valence-corrected chi connectivity index (χ2v) is 4.63. The predicted molar refractivity (Wildman–Crippen MR) is 65.6 cm³/mol. The minimum Gasteiger partial charge on any atom is -0.468 e. The Morgan fingerprint density at radius 3 is 2.56 bits per heavy atom. The molecule has 96 valence electrons. The second-order valence-electron chi connectivity index (χ2n) is 4.32. The molecule has 0 spiro atoms. The minimum absolute atomic E-state index is 0.00170. The summed E-state index contributed by atoms with van der Waals surface area (Å²) in [6, 6.07) is 5.98. The Morgan fingerprint density at radius 2 is 2.17 bits per heavy atom. The average molecular weight is 270 g/mol. The summed E-state index contributed by atoms with van der Waals surface area (Å²) in [5, 5.41) is 10.6. The molecule has 0 aliphatic heterocycles. The van der Waals surface area contributed by atoms with Gasteiger partial charge < -0.3 is 4.74 Å². The molecule has 0 saturated heterocycles. The Morgan fingerprint density at radius 1 is 1.56 bits per heavy atom. The summed E-state index contributed by atoms with van der Waals surface area (Å²) in [6.45, 7) is 0. The van der Waals surface area contributed by atoms with Crippen molar-refractivity contribution in [3.8, 4) is 0 Å². The molecule has 2 rings (SSSR count). The highest BCUT2D eigenvalue weighted by Gasteiger charge is 2.61. The molecule has 0 bridgehead atoms. The molecule has 2 atom stereocenters. The number of methoxy groups -OCH3 is 1. The Hall–Kier alpha value is -1.62. The van der Waals surface area contributed by atoms with Crippen LogP contribution in [0.15, 0.2) is 24.3 Å². The van der Waals surface area contributed by atoms with Crippen molar-refractivity contribution in [2.75, 3.05) is 13.0 Å². The zero-order valence-corrected chi connectivity index (χ0v) is 10.5. The number of hydrogen-bond donors (Lipinski definition) is 0. The molecule has 1 aliphatic carbocycles. The second kappa shape index (κ2) is 4.57. The van der Waals surface area contributed by atoms with Gasteiger partial charge in [-0.25, -0.2) is 0 Å². The molecule has 6 heteroatoms. The van der Waals surface area contributed by atoms with Gasteiger partial charge in [0.25, 0.3) is 5.69 Å². The van der Waals surface area contributed by atoms with Crippen LogP contribution in [0.5, 0.6) is 0 Å². The van der Waals surface area contributed by atoms with Crippen molar-refractivity contribution in [3.63, 3.8) is 0 Å². The largest absolute Gasteiger partial charge is 0.468 e. The number of halogens is 1. The van der Waals surface area contributed by atoms with E-state index in [0.29, 0.717) is 12.3 Å². The number of rotatable bonds is 4. The SMILES string of the molecule is COC(=O)[C@]1(c2ccc([N+](=O)[O-])cc2)C[C@@H]1CCl. The van der Waals surface area contributed by atoms with E-state index in [9.17, 15) is 14.9 Å². The first-order valence-electron chi connectivity index (χ1n) is 5.45. The zero-order valence-electron chi connectivity index (χ0n) is 9.76. The summed E-state index contributed by atoms with van der Waals surface area (Å²) in [6.07, 6.45) is 0.626. The normalized spacial score (nSPS) is 25.6. The lowest BCUT2D eigenvalue weighted by Gasteiger charge is -2.14. The van der Waals surface area contributed by atoms with Crippen LogP contribution in [-0.4, -0.2) is 23.9 Å². The number of alkyl halides is 1. The van der Waals surface area contributed by atoms with Crippen LogP contribution >= 0.6 is 11.6 Å². The number of carbonyl (C=O) groups is 1. The van der Waals surface area contributed by atoms with Crippen LogP contribution < -0.4 is 0 Å². The number of nitro groups is 1. The molecule has 1 aromatic carbocycles. The topological polar surface area (TPSA) is 69.4 Å². The molecule has 0 radical (unpaired) electrons. The molecule has 0 aromatic heterocycles. The number of esters is 1. The minimum atomic E-state index is -0.717. The summed E-state index contributed by atoms with van der Waals surface area (Å²) < 4.78 is 4.81. The van der Waals surface area contributed by atoms with Crippen LogP contribution in [0, 0.1) is 16.0 Å². The first-order chi connectivity index (χ1) is 8.56. The van der Waals surface area contributed by atoms with Gasteiger partial charge in [0.2, 0.25) is 0 Å². The fourth-order valence-corrected chi connectivity index (χ4v) is 2.67. The van der Waals surface area contributed by atoms with Crippen molar-refractivity contribution in [1.82, 2.24) is 0 Å². The van der Waals surface area contributed by atoms with Crippen LogP contribution in [-0.2, 0) is 14.9 Å². The van der Waals surface area contributed by atoms with Gasteiger partial charge in [-0.3, -0.25) is 14.9 Å². The van der Waals surface area contributed by atoms with Crippen molar-refractivity contribution in [2.45, 2.75) is 11.8 Å². The standard InChI is InChI=1S/C12H12ClNO4/c1-18-11(15)12(6-9(12)7-13)8-2-4-10(5-3-8)14(16)17/h2-5,9H,6-7H2,1H3/t9-,12+/m1/s1. The van der Waals surface area contributed by atoms with Gasteiger partial charge in [0.05, 0.1) is 17.4 Å². The van der Waals surface area contributed by atoms with Crippen molar-refractivity contribution in [2.24, 2.45) is 5.92 Å². The summed E-state index contributed by atoms with van der Waals surface area (Å²) in [5.41, 5.74) is 0.0125. The van der Waals surface area contributed by atoms with Crippen molar-refractivity contribution in [1.29, 1.82) is 0 Å². The number of nitro benzene ring substituents is 1. The highest BCUT2D eigenvalue weighted by atomic mass is 35.5. The van der Waals surface area contributed by atoms with E-state index in [0.717, 1.165) is 5.56 Å². The third kappa shape index (κ3) is 1.84. The van der Waals surface area contributed by atoms with Crippen molar-refractivity contribution >= 4 is 23.3 Å². The molecule has 1 aromatic rings. The maximum absolute atomic E-state index is 11.9. The van der Waals surface area contributed by atoms with Gasteiger partial charge in [0.1, 0.15) is 0 Å². The summed E-state index contributed by atoms with van der Waals surface area (Å²) in [7, 11) is 1.33. The average Bonchev–Trinajstić information content (AvgIpc) is 3.13. The van der Waals surface area contributed by atoms with E-state index in [4.69, 9.17) is 16.3 Å². The molecule has 1 saturated carbocycles. The van der Waals surface area contributed by atoms with Gasteiger partial charge in [-0.15, -0.1) is 11.6 Å². The van der Waals surface area contributed by atoms with Crippen LogP contribution in [0.2, 0.25) is 0 Å². The van der Waals surface area contributed by atoms with Crippen molar-refractivity contribution < 1.29 is 14.5 Å². The Labute approximate surface area is 109 Å². The summed E-state index contributed by atoms with van der Waals surface area (Å²) in [4.78, 5) is 22.0. The lowest BCUT2D eigenvalue weighted by molar-refractivity contribution is -0.384. The number of nitrogens with zero attached hydrogens (tertiary/aromatic N) is 1. The van der Waals surface area contributed by atoms with Gasteiger partial charge in [-0.2, -0.15) is 0 Å². The molecule has 0 heterocycles. The molecule has 5 nitrogen and oxygen atoms in total. The molecular formula is C12H12ClNO4. The molecule has 1 aliphatic rings. The first-order valence-corrected chi connectivity index (χ1v) is 5.99. The predicted octanol–water partition coefficient (Wildman–Crippen LogP) is 2.26. The van der Waals surface area contributed by atoms with E-state index in [-0.39, 0.29) is 17.6 Å². The lowest BCUT2D eigenvalue weighted by atomic mass is 9.93. The third-order valence-corrected chi connectivity index (χ3v) is 3.81. The van der Waals surface area contributed by atoms with E-state index >= 15 is 0 Å². The quantitative estimate of drug-likeness (QED) is 0.364. The third-order valence-electron chi connectivity index (χ3n) is 3.43. The highest BCUT2D eigenvalue weighted by Crippen LogP contribution is 2.55. The van der Waals surface area contributed by atoms with E-state index in [1.54, 1.807) is 12.1 Å². The molecule has 18 heavy (non-hydrogen) atoms. The summed E-state index contributed by atoms with van der Waals surface area (Å²) >= 11 is 5.80. The Balaban J connectivity index is 2.34.